The zero-order chi connectivity index (χ0) is 16.0. The molecule has 0 aliphatic carbocycles. The zero-order valence-corrected chi connectivity index (χ0v) is 11.8. The minimum absolute atomic E-state index is 0.0695. The maximum absolute atomic E-state index is 12.9. The highest BCUT2D eigenvalue weighted by atomic mass is 19.4. The van der Waals surface area contributed by atoms with Gasteiger partial charge in [-0.05, 0) is 31.0 Å². The van der Waals surface area contributed by atoms with Crippen molar-refractivity contribution in [3.8, 4) is 5.75 Å². The van der Waals surface area contributed by atoms with E-state index in [1.54, 1.807) is 6.92 Å². The quantitative estimate of drug-likeness (QED) is 0.849. The van der Waals surface area contributed by atoms with Crippen LogP contribution in [0.3, 0.4) is 0 Å². The summed E-state index contributed by atoms with van der Waals surface area (Å²) in [7, 11) is 0. The van der Waals surface area contributed by atoms with Crippen LogP contribution in [0, 0.1) is 0 Å². The number of aliphatic hydroxyl groups is 1. The number of hydrogen-bond acceptors (Lipinski definition) is 3. The van der Waals surface area contributed by atoms with Gasteiger partial charge in [0.05, 0.1) is 12.2 Å². The molecule has 0 bridgehead atoms. The van der Waals surface area contributed by atoms with Crippen LogP contribution < -0.4 is 10.1 Å². The van der Waals surface area contributed by atoms with Gasteiger partial charge in [0.25, 0.3) is 5.91 Å². The molecular formula is C14H18F3NO3. The lowest BCUT2D eigenvalue weighted by Crippen LogP contribution is -2.35. The van der Waals surface area contributed by atoms with Gasteiger partial charge in [0, 0.05) is 6.04 Å². The van der Waals surface area contributed by atoms with Crippen LogP contribution >= 0.6 is 0 Å². The molecular weight excluding hydrogens is 287 g/mol. The lowest BCUT2D eigenvalue weighted by atomic mass is 10.1. The number of ether oxygens (including phenoxy) is 1. The first-order valence-electron chi connectivity index (χ1n) is 6.51. The first-order valence-corrected chi connectivity index (χ1v) is 6.51. The molecule has 1 rings (SSSR count). The van der Waals surface area contributed by atoms with Gasteiger partial charge < -0.3 is 15.2 Å². The van der Waals surface area contributed by atoms with E-state index in [-0.39, 0.29) is 11.6 Å². The van der Waals surface area contributed by atoms with E-state index in [0.29, 0.717) is 6.42 Å². The Hall–Kier alpha value is -1.76. The summed E-state index contributed by atoms with van der Waals surface area (Å²) >= 11 is 0. The van der Waals surface area contributed by atoms with E-state index in [0.717, 1.165) is 12.1 Å². The molecule has 1 aromatic carbocycles. The molecule has 0 aliphatic heterocycles. The summed E-state index contributed by atoms with van der Waals surface area (Å²) in [6.07, 6.45) is -3.90. The molecule has 0 spiro atoms. The Labute approximate surface area is 120 Å². The Kier molecular flexibility index (Phi) is 6.02. The van der Waals surface area contributed by atoms with Crippen molar-refractivity contribution >= 4 is 5.91 Å². The Balaban J connectivity index is 2.81. The summed E-state index contributed by atoms with van der Waals surface area (Å²) in [6, 6.07) is 3.16. The summed E-state index contributed by atoms with van der Waals surface area (Å²) in [5.74, 6) is -0.914. The largest absolute Gasteiger partial charge is 0.483 e. The molecule has 0 saturated carbocycles. The Morgan fingerprint density at radius 1 is 1.43 bits per heavy atom. The van der Waals surface area contributed by atoms with Crippen molar-refractivity contribution in [2.24, 2.45) is 0 Å². The van der Waals surface area contributed by atoms with E-state index in [1.165, 1.54) is 6.07 Å². The number of aliphatic hydroxyl groups excluding tert-OH is 1. The molecule has 0 aliphatic rings. The van der Waals surface area contributed by atoms with Crippen LogP contribution in [0.1, 0.15) is 31.4 Å². The number of benzene rings is 1. The lowest BCUT2D eigenvalue weighted by molar-refractivity contribution is -0.139. The topological polar surface area (TPSA) is 58.6 Å². The number of carbonyl (C=O) groups is 1. The molecule has 1 aromatic rings. The second kappa shape index (κ2) is 7.31. The fraction of sp³-hybridized carbons (Fsp3) is 0.500. The first kappa shape index (κ1) is 17.3. The smallest absolute Gasteiger partial charge is 0.419 e. The van der Waals surface area contributed by atoms with Crippen LogP contribution in [0.5, 0.6) is 5.75 Å². The molecule has 1 unspecified atom stereocenters. The highest BCUT2D eigenvalue weighted by Crippen LogP contribution is 2.36. The van der Waals surface area contributed by atoms with Crippen LogP contribution in [0.25, 0.3) is 0 Å². The fourth-order valence-corrected chi connectivity index (χ4v) is 1.58. The third kappa shape index (κ3) is 5.26. The van der Waals surface area contributed by atoms with Crippen LogP contribution in [0.15, 0.2) is 18.2 Å². The molecule has 21 heavy (non-hydrogen) atoms. The zero-order valence-electron chi connectivity index (χ0n) is 11.8. The van der Waals surface area contributed by atoms with Crippen molar-refractivity contribution in [3.63, 3.8) is 0 Å². The molecule has 0 fully saturated rings. The normalized spacial score (nSPS) is 12.9. The molecule has 2 N–H and O–H groups in total. The molecule has 0 saturated heterocycles. The highest BCUT2D eigenvalue weighted by molar-refractivity contribution is 5.77. The van der Waals surface area contributed by atoms with E-state index in [9.17, 15) is 18.0 Å². The second-order valence-corrected chi connectivity index (χ2v) is 4.65. The summed E-state index contributed by atoms with van der Waals surface area (Å²) in [5.41, 5.74) is -0.885. The van der Waals surface area contributed by atoms with Gasteiger partial charge in [0.1, 0.15) is 5.75 Å². The predicted molar refractivity (Wildman–Crippen MR) is 70.8 cm³/mol. The van der Waals surface area contributed by atoms with Gasteiger partial charge in [-0.15, -0.1) is 0 Å². The summed E-state index contributed by atoms with van der Waals surface area (Å²) in [4.78, 5) is 11.5. The van der Waals surface area contributed by atoms with Crippen molar-refractivity contribution in [1.82, 2.24) is 5.32 Å². The third-order valence-corrected chi connectivity index (χ3v) is 2.91. The van der Waals surface area contributed by atoms with Gasteiger partial charge in [-0.25, -0.2) is 0 Å². The Morgan fingerprint density at radius 2 is 2.10 bits per heavy atom. The fourth-order valence-electron chi connectivity index (χ4n) is 1.58. The highest BCUT2D eigenvalue weighted by Gasteiger charge is 2.34. The van der Waals surface area contributed by atoms with E-state index in [2.05, 4.69) is 5.32 Å². The van der Waals surface area contributed by atoms with Crippen molar-refractivity contribution in [2.45, 2.75) is 39.1 Å². The average Bonchev–Trinajstić information content (AvgIpc) is 2.43. The van der Waals surface area contributed by atoms with Crippen LogP contribution in [0.2, 0.25) is 0 Å². The van der Waals surface area contributed by atoms with E-state index < -0.39 is 36.6 Å². The molecule has 1 atom stereocenters. The number of halogens is 3. The van der Waals surface area contributed by atoms with Gasteiger partial charge in [0.2, 0.25) is 0 Å². The third-order valence-electron chi connectivity index (χ3n) is 2.91. The number of amides is 1. The maximum atomic E-state index is 12.9. The molecule has 0 heterocycles. The summed E-state index contributed by atoms with van der Waals surface area (Å²) < 4.78 is 43.6. The van der Waals surface area contributed by atoms with Crippen LogP contribution in [-0.2, 0) is 17.6 Å². The van der Waals surface area contributed by atoms with Crippen LogP contribution in [0.4, 0.5) is 13.2 Å². The van der Waals surface area contributed by atoms with E-state index >= 15 is 0 Å². The Bertz CT molecular complexity index is 489. The van der Waals surface area contributed by atoms with Gasteiger partial charge in [-0.1, -0.05) is 13.0 Å². The molecule has 1 amide bonds. The number of carbonyl (C=O) groups excluding carboxylic acids is 1. The van der Waals surface area contributed by atoms with Crippen LogP contribution in [-0.4, -0.2) is 23.7 Å². The summed E-state index contributed by atoms with van der Waals surface area (Å²) in [6.45, 7) is 2.67. The number of rotatable bonds is 6. The number of nitrogens with one attached hydrogen (secondary N) is 1. The SMILES string of the molecule is CCC(C)NC(=O)COc1ccc(CO)cc1C(F)(F)F. The number of alkyl halides is 3. The molecule has 7 heteroatoms. The average molecular weight is 305 g/mol. The van der Waals surface area contributed by atoms with Crippen molar-refractivity contribution in [3.05, 3.63) is 29.3 Å². The minimum Gasteiger partial charge on any atom is -0.483 e. The van der Waals surface area contributed by atoms with Crippen molar-refractivity contribution in [2.75, 3.05) is 6.61 Å². The van der Waals surface area contributed by atoms with Crippen molar-refractivity contribution in [1.29, 1.82) is 0 Å². The second-order valence-electron chi connectivity index (χ2n) is 4.65. The van der Waals surface area contributed by atoms with Gasteiger partial charge >= 0.3 is 6.18 Å². The van der Waals surface area contributed by atoms with Gasteiger partial charge in [-0.2, -0.15) is 13.2 Å². The Morgan fingerprint density at radius 3 is 2.62 bits per heavy atom. The monoisotopic (exact) mass is 305 g/mol. The molecule has 4 nitrogen and oxygen atoms in total. The predicted octanol–water partition coefficient (Wildman–Crippen LogP) is 2.49. The standard InChI is InChI=1S/C14H18F3NO3/c1-3-9(2)18-13(20)8-21-12-5-4-10(7-19)6-11(12)14(15,16)17/h4-6,9,19H,3,7-8H2,1-2H3,(H,18,20). The first-order chi connectivity index (χ1) is 9.77. The molecule has 118 valence electrons. The number of hydrogen-bond donors (Lipinski definition) is 2. The van der Waals surface area contributed by atoms with Gasteiger partial charge in [0.15, 0.2) is 6.61 Å². The van der Waals surface area contributed by atoms with E-state index in [4.69, 9.17) is 9.84 Å². The molecule has 0 aromatic heterocycles. The van der Waals surface area contributed by atoms with Gasteiger partial charge in [-0.3, -0.25) is 4.79 Å². The maximum Gasteiger partial charge on any atom is 0.419 e. The lowest BCUT2D eigenvalue weighted by Gasteiger charge is -2.16. The van der Waals surface area contributed by atoms with Crippen molar-refractivity contribution < 1.29 is 27.8 Å². The van der Waals surface area contributed by atoms with E-state index in [1.807, 2.05) is 6.92 Å². The summed E-state index contributed by atoms with van der Waals surface area (Å²) in [5, 5.41) is 11.5. The molecule has 0 radical (unpaired) electrons. The minimum atomic E-state index is -4.62.